The van der Waals surface area contributed by atoms with Crippen molar-refractivity contribution in [2.75, 3.05) is 52.8 Å². The minimum Gasteiger partial charge on any atom is -0.376 e. The Hall–Kier alpha value is -1.29. The van der Waals surface area contributed by atoms with Gasteiger partial charge in [0.2, 0.25) is 5.95 Å². The summed E-state index contributed by atoms with van der Waals surface area (Å²) in [7, 11) is 3.50. The molecular weight excluding hydrogens is 330 g/mol. The largest absolute Gasteiger partial charge is 0.376 e. The summed E-state index contributed by atoms with van der Waals surface area (Å²) < 4.78 is 33.6. The highest BCUT2D eigenvalue weighted by atomic mass is 32.2. The lowest BCUT2D eigenvalue weighted by molar-refractivity contribution is 0.0525. The van der Waals surface area contributed by atoms with E-state index in [2.05, 4.69) is 4.98 Å². The first kappa shape index (κ1) is 17.5. The van der Waals surface area contributed by atoms with Crippen LogP contribution in [0.3, 0.4) is 0 Å². The molecular formula is C15H25N5O3S. The van der Waals surface area contributed by atoms with Gasteiger partial charge in [-0.2, -0.15) is 17.0 Å². The van der Waals surface area contributed by atoms with E-state index in [1.54, 1.807) is 14.1 Å². The zero-order chi connectivity index (χ0) is 17.7. The molecule has 0 bridgehead atoms. The van der Waals surface area contributed by atoms with Crippen molar-refractivity contribution in [2.24, 2.45) is 0 Å². The molecule has 3 rings (SSSR count). The number of fused-ring (bicyclic) bond motifs is 2. The summed E-state index contributed by atoms with van der Waals surface area (Å²) in [5, 5.41) is 0. The number of aryl methyl sites for hydroxylation is 1. The Balaban J connectivity index is 2.04. The molecule has 9 heteroatoms. The number of aromatic nitrogens is 2. The third-order valence-electron chi connectivity index (χ3n) is 4.84. The number of ether oxygens (including phenoxy) is 1. The highest BCUT2D eigenvalue weighted by Crippen LogP contribution is 2.41. The second-order valence-corrected chi connectivity index (χ2v) is 9.12. The molecule has 0 aliphatic carbocycles. The second-order valence-electron chi connectivity index (χ2n) is 6.98. The maximum absolute atomic E-state index is 12.5. The Bertz CT molecular complexity index is 750. The van der Waals surface area contributed by atoms with Crippen molar-refractivity contribution in [3.8, 4) is 0 Å². The van der Waals surface area contributed by atoms with Crippen LogP contribution in [-0.4, -0.2) is 74.9 Å². The Morgan fingerprint density at radius 3 is 2.54 bits per heavy atom. The third-order valence-corrected chi connectivity index (χ3v) is 6.72. The van der Waals surface area contributed by atoms with Gasteiger partial charge in [-0.3, -0.25) is 0 Å². The highest BCUT2D eigenvalue weighted by molar-refractivity contribution is 7.86. The Labute approximate surface area is 143 Å². The van der Waals surface area contributed by atoms with Gasteiger partial charge in [0, 0.05) is 52.5 Å². The lowest BCUT2D eigenvalue weighted by Gasteiger charge is -2.35. The summed E-state index contributed by atoms with van der Waals surface area (Å²) in [6, 6.07) is 0. The van der Waals surface area contributed by atoms with Crippen LogP contribution in [0.1, 0.15) is 23.4 Å². The monoisotopic (exact) mass is 355 g/mol. The van der Waals surface area contributed by atoms with Crippen LogP contribution in [0, 0.1) is 6.92 Å². The molecule has 0 N–H and O–H groups in total. The standard InChI is InChI=1S/C15H25N5O3S/c1-11-12-8-23-10-15(13(12)17-14(16-11)18(2)3)6-7-20(9-15)24(21,22)19(4)5/h6-10H2,1-5H3. The first-order valence-electron chi connectivity index (χ1n) is 7.98. The average Bonchev–Trinajstić information content (AvgIpc) is 2.93. The van der Waals surface area contributed by atoms with Gasteiger partial charge >= 0.3 is 0 Å². The maximum Gasteiger partial charge on any atom is 0.281 e. The average molecular weight is 355 g/mol. The molecule has 1 atom stereocenters. The van der Waals surface area contributed by atoms with Gasteiger partial charge in [0.15, 0.2) is 0 Å². The summed E-state index contributed by atoms with van der Waals surface area (Å²) in [5.74, 6) is 0.654. The summed E-state index contributed by atoms with van der Waals surface area (Å²) in [5.41, 5.74) is 2.45. The topological polar surface area (TPSA) is 78.9 Å². The molecule has 1 fully saturated rings. The summed E-state index contributed by atoms with van der Waals surface area (Å²) in [6.45, 7) is 3.80. The van der Waals surface area contributed by atoms with E-state index in [0.29, 0.717) is 38.7 Å². The minimum absolute atomic E-state index is 0.393. The highest BCUT2D eigenvalue weighted by Gasteiger charge is 2.48. The maximum atomic E-state index is 12.5. The molecule has 1 spiro atoms. The molecule has 0 aromatic carbocycles. The van der Waals surface area contributed by atoms with Gasteiger partial charge in [-0.25, -0.2) is 9.97 Å². The molecule has 8 nitrogen and oxygen atoms in total. The molecule has 2 aliphatic rings. The van der Waals surface area contributed by atoms with Crippen molar-refractivity contribution >= 4 is 16.2 Å². The fourth-order valence-electron chi connectivity index (χ4n) is 3.38. The van der Waals surface area contributed by atoms with Crippen molar-refractivity contribution in [3.05, 3.63) is 17.0 Å². The van der Waals surface area contributed by atoms with E-state index >= 15 is 0 Å². The Morgan fingerprint density at radius 2 is 1.92 bits per heavy atom. The summed E-state index contributed by atoms with van der Waals surface area (Å²) in [4.78, 5) is 11.2. The van der Waals surface area contributed by atoms with E-state index in [0.717, 1.165) is 17.0 Å². The van der Waals surface area contributed by atoms with Crippen LogP contribution in [0.4, 0.5) is 5.95 Å². The van der Waals surface area contributed by atoms with Crippen molar-refractivity contribution in [3.63, 3.8) is 0 Å². The van der Waals surface area contributed by atoms with E-state index in [1.165, 1.54) is 8.61 Å². The van der Waals surface area contributed by atoms with Crippen LogP contribution in [0.15, 0.2) is 0 Å². The predicted molar refractivity (Wildman–Crippen MR) is 91.2 cm³/mol. The van der Waals surface area contributed by atoms with Crippen molar-refractivity contribution in [1.29, 1.82) is 0 Å². The molecule has 0 amide bonds. The molecule has 0 saturated carbocycles. The van der Waals surface area contributed by atoms with Gasteiger partial charge in [0.05, 0.1) is 24.3 Å². The van der Waals surface area contributed by atoms with Crippen LogP contribution in [0.5, 0.6) is 0 Å². The molecule has 1 saturated heterocycles. The number of hydrogen-bond acceptors (Lipinski definition) is 6. The molecule has 1 unspecified atom stereocenters. The molecule has 24 heavy (non-hydrogen) atoms. The molecule has 3 heterocycles. The second kappa shape index (κ2) is 5.91. The lowest BCUT2D eigenvalue weighted by atomic mass is 9.80. The molecule has 2 aliphatic heterocycles. The van der Waals surface area contributed by atoms with Crippen molar-refractivity contribution in [2.45, 2.75) is 25.4 Å². The zero-order valence-electron chi connectivity index (χ0n) is 14.9. The summed E-state index contributed by atoms with van der Waals surface area (Å²) in [6.07, 6.45) is 0.705. The van der Waals surface area contributed by atoms with Crippen LogP contribution >= 0.6 is 0 Å². The van der Waals surface area contributed by atoms with Gasteiger partial charge in [-0.1, -0.05) is 0 Å². The first-order chi connectivity index (χ1) is 11.2. The van der Waals surface area contributed by atoms with Gasteiger partial charge in [-0.15, -0.1) is 0 Å². The third kappa shape index (κ3) is 2.69. The molecule has 134 valence electrons. The number of hydrogen-bond donors (Lipinski definition) is 0. The fraction of sp³-hybridized carbons (Fsp3) is 0.733. The normalized spacial score (nSPS) is 24.6. The predicted octanol–water partition coefficient (Wildman–Crippen LogP) is 0.131. The molecule has 1 aromatic rings. The quantitative estimate of drug-likeness (QED) is 0.767. The minimum atomic E-state index is -3.43. The lowest BCUT2D eigenvalue weighted by Crippen LogP contribution is -2.44. The number of nitrogens with zero attached hydrogens (tertiary/aromatic N) is 5. The molecule has 1 aromatic heterocycles. The van der Waals surface area contributed by atoms with Crippen molar-refractivity contribution < 1.29 is 13.2 Å². The van der Waals surface area contributed by atoms with Gasteiger partial charge in [0.25, 0.3) is 10.2 Å². The van der Waals surface area contributed by atoms with E-state index in [9.17, 15) is 8.42 Å². The van der Waals surface area contributed by atoms with E-state index in [-0.39, 0.29) is 0 Å². The van der Waals surface area contributed by atoms with Gasteiger partial charge in [-0.05, 0) is 13.3 Å². The van der Waals surface area contributed by atoms with E-state index < -0.39 is 15.6 Å². The summed E-state index contributed by atoms with van der Waals surface area (Å²) >= 11 is 0. The SMILES string of the molecule is Cc1nc(N(C)C)nc2c1COCC21CCN(S(=O)(=O)N(C)C)C1. The smallest absolute Gasteiger partial charge is 0.281 e. The van der Waals surface area contributed by atoms with E-state index in [1.807, 2.05) is 25.9 Å². The van der Waals surface area contributed by atoms with E-state index in [4.69, 9.17) is 9.72 Å². The van der Waals surface area contributed by atoms with Crippen molar-refractivity contribution in [1.82, 2.24) is 18.6 Å². The van der Waals surface area contributed by atoms with Gasteiger partial charge in [0.1, 0.15) is 0 Å². The fourth-order valence-corrected chi connectivity index (χ4v) is 4.58. The van der Waals surface area contributed by atoms with Crippen LogP contribution < -0.4 is 4.90 Å². The Morgan fingerprint density at radius 1 is 1.21 bits per heavy atom. The number of rotatable bonds is 3. The van der Waals surface area contributed by atoms with Gasteiger partial charge < -0.3 is 9.64 Å². The van der Waals surface area contributed by atoms with Crippen LogP contribution in [0.25, 0.3) is 0 Å². The zero-order valence-corrected chi connectivity index (χ0v) is 15.7. The van der Waals surface area contributed by atoms with Crippen LogP contribution in [0.2, 0.25) is 0 Å². The van der Waals surface area contributed by atoms with Crippen LogP contribution in [-0.2, 0) is 27.0 Å². The number of anilines is 1. The Kier molecular flexibility index (Phi) is 4.31. The molecule has 0 radical (unpaired) electrons. The first-order valence-corrected chi connectivity index (χ1v) is 9.38.